The van der Waals surface area contributed by atoms with E-state index in [1.54, 1.807) is 0 Å². The molecule has 3 rings (SSSR count). The van der Waals surface area contributed by atoms with Crippen LogP contribution in [0.3, 0.4) is 0 Å². The van der Waals surface area contributed by atoms with E-state index in [0.717, 1.165) is 29.8 Å². The van der Waals surface area contributed by atoms with Crippen molar-refractivity contribution in [3.05, 3.63) is 0 Å². The Morgan fingerprint density at radius 3 is 2.45 bits per heavy atom. The van der Waals surface area contributed by atoms with E-state index in [2.05, 4.69) is 24.1 Å². The van der Waals surface area contributed by atoms with Crippen molar-refractivity contribution >= 4 is 0 Å². The first kappa shape index (κ1) is 14.8. The Hall–Kier alpha value is -0.0800. The summed E-state index contributed by atoms with van der Waals surface area (Å²) in [7, 11) is 0. The third-order valence-corrected chi connectivity index (χ3v) is 5.95. The molecule has 0 radical (unpaired) electrons. The fraction of sp³-hybridized carbons (Fsp3) is 1.00. The summed E-state index contributed by atoms with van der Waals surface area (Å²) in [5.74, 6) is 2.74. The van der Waals surface area contributed by atoms with E-state index in [1.165, 1.54) is 71.0 Å². The van der Waals surface area contributed by atoms with Gasteiger partial charge < -0.3 is 5.32 Å². The lowest BCUT2D eigenvalue weighted by molar-refractivity contribution is 0.0550. The Kier molecular flexibility index (Phi) is 5.04. The maximum Gasteiger partial charge on any atom is 0.0129 e. The predicted octanol–water partition coefficient (Wildman–Crippen LogP) is 3.67. The summed E-state index contributed by atoms with van der Waals surface area (Å²) >= 11 is 0. The van der Waals surface area contributed by atoms with Gasteiger partial charge in [0.15, 0.2) is 0 Å². The molecule has 2 nitrogen and oxygen atoms in total. The van der Waals surface area contributed by atoms with E-state index in [9.17, 15) is 0 Å². The quantitative estimate of drug-likeness (QED) is 0.825. The van der Waals surface area contributed by atoms with Gasteiger partial charge in [-0.15, -0.1) is 0 Å². The molecule has 1 N–H and O–H groups in total. The summed E-state index contributed by atoms with van der Waals surface area (Å²) in [5, 5.41) is 3.61. The van der Waals surface area contributed by atoms with Crippen LogP contribution in [-0.2, 0) is 0 Å². The molecule has 116 valence electrons. The van der Waals surface area contributed by atoms with Gasteiger partial charge in [0.25, 0.3) is 0 Å². The third-order valence-electron chi connectivity index (χ3n) is 5.95. The lowest BCUT2D eigenvalue weighted by atomic mass is 9.76. The van der Waals surface area contributed by atoms with Crippen LogP contribution in [0, 0.1) is 17.8 Å². The first-order valence-electron chi connectivity index (χ1n) is 9.22. The molecule has 0 amide bonds. The van der Waals surface area contributed by atoms with Crippen LogP contribution in [0.15, 0.2) is 0 Å². The van der Waals surface area contributed by atoms with Crippen molar-refractivity contribution in [3.8, 4) is 0 Å². The van der Waals surface area contributed by atoms with Crippen LogP contribution < -0.4 is 5.32 Å². The van der Waals surface area contributed by atoms with Crippen LogP contribution in [0.1, 0.15) is 65.2 Å². The van der Waals surface area contributed by atoms with Crippen LogP contribution >= 0.6 is 0 Å². The summed E-state index contributed by atoms with van der Waals surface area (Å²) in [6.45, 7) is 8.80. The molecule has 0 aromatic rings. The van der Waals surface area contributed by atoms with E-state index < -0.39 is 0 Å². The largest absolute Gasteiger partial charge is 0.316 e. The number of piperidine rings is 1. The highest BCUT2D eigenvalue weighted by atomic mass is 15.2. The second-order valence-corrected chi connectivity index (χ2v) is 7.90. The number of hydrogen-bond donors (Lipinski definition) is 1. The minimum atomic E-state index is 0.867. The molecular weight excluding hydrogens is 244 g/mol. The van der Waals surface area contributed by atoms with Gasteiger partial charge in [-0.1, -0.05) is 26.7 Å². The van der Waals surface area contributed by atoms with Crippen molar-refractivity contribution in [2.75, 3.05) is 19.6 Å². The Morgan fingerprint density at radius 1 is 1.00 bits per heavy atom. The average molecular weight is 278 g/mol. The highest BCUT2D eigenvalue weighted by Crippen LogP contribution is 2.39. The van der Waals surface area contributed by atoms with Crippen molar-refractivity contribution < 1.29 is 0 Å². The van der Waals surface area contributed by atoms with Crippen molar-refractivity contribution in [3.63, 3.8) is 0 Å². The number of nitrogens with one attached hydrogen (secondary N) is 1. The van der Waals surface area contributed by atoms with Crippen LogP contribution in [0.2, 0.25) is 0 Å². The van der Waals surface area contributed by atoms with Crippen molar-refractivity contribution in [1.29, 1.82) is 0 Å². The predicted molar refractivity (Wildman–Crippen MR) is 85.9 cm³/mol. The minimum absolute atomic E-state index is 0.867. The summed E-state index contributed by atoms with van der Waals surface area (Å²) in [6, 6.07) is 1.85. The van der Waals surface area contributed by atoms with Gasteiger partial charge >= 0.3 is 0 Å². The topological polar surface area (TPSA) is 15.3 Å². The maximum atomic E-state index is 3.61. The zero-order valence-electron chi connectivity index (χ0n) is 13.6. The fourth-order valence-electron chi connectivity index (χ4n) is 4.67. The molecule has 1 saturated heterocycles. The van der Waals surface area contributed by atoms with Crippen LogP contribution in [-0.4, -0.2) is 36.6 Å². The summed E-state index contributed by atoms with van der Waals surface area (Å²) < 4.78 is 0. The van der Waals surface area contributed by atoms with Crippen LogP contribution in [0.5, 0.6) is 0 Å². The van der Waals surface area contributed by atoms with E-state index in [0.29, 0.717) is 0 Å². The molecule has 3 aliphatic rings. The second kappa shape index (κ2) is 6.79. The second-order valence-electron chi connectivity index (χ2n) is 7.90. The zero-order valence-corrected chi connectivity index (χ0v) is 13.6. The standard InChI is InChI=1S/C18H34N2/c1-14(2)17-7-3-4-8-18(17)20(16-9-10-16)13-15-6-5-11-19-12-15/h14-19H,3-13H2,1-2H3. The lowest BCUT2D eigenvalue weighted by Crippen LogP contribution is -2.49. The molecule has 1 heterocycles. The Labute approximate surface area is 125 Å². The molecule has 2 saturated carbocycles. The molecule has 0 aromatic carbocycles. The first-order valence-corrected chi connectivity index (χ1v) is 9.22. The van der Waals surface area contributed by atoms with Crippen LogP contribution in [0.25, 0.3) is 0 Å². The van der Waals surface area contributed by atoms with E-state index in [1.807, 2.05) is 0 Å². The highest BCUT2D eigenvalue weighted by molar-refractivity contribution is 4.94. The molecule has 3 atom stereocenters. The summed E-state index contributed by atoms with van der Waals surface area (Å²) in [4.78, 5) is 2.97. The van der Waals surface area contributed by atoms with Crippen LogP contribution in [0.4, 0.5) is 0 Å². The number of hydrogen-bond acceptors (Lipinski definition) is 2. The molecule has 3 fully saturated rings. The monoisotopic (exact) mass is 278 g/mol. The molecule has 20 heavy (non-hydrogen) atoms. The molecule has 0 bridgehead atoms. The zero-order chi connectivity index (χ0) is 13.9. The highest BCUT2D eigenvalue weighted by Gasteiger charge is 2.40. The first-order chi connectivity index (χ1) is 9.75. The maximum absolute atomic E-state index is 3.61. The van der Waals surface area contributed by atoms with Gasteiger partial charge in [0.2, 0.25) is 0 Å². The summed E-state index contributed by atoms with van der Waals surface area (Å²) in [5.41, 5.74) is 0. The molecule has 1 aliphatic heterocycles. The molecule has 2 aliphatic carbocycles. The normalized spacial score (nSPS) is 35.7. The van der Waals surface area contributed by atoms with E-state index in [-0.39, 0.29) is 0 Å². The van der Waals surface area contributed by atoms with Crippen molar-refractivity contribution in [2.45, 2.75) is 77.3 Å². The van der Waals surface area contributed by atoms with Gasteiger partial charge in [0.1, 0.15) is 0 Å². The Balaban J connectivity index is 1.65. The Bertz CT molecular complexity index is 292. The smallest absolute Gasteiger partial charge is 0.0129 e. The lowest BCUT2D eigenvalue weighted by Gasteiger charge is -2.44. The average Bonchev–Trinajstić information content (AvgIpc) is 3.30. The molecule has 2 heteroatoms. The molecule has 0 spiro atoms. The number of nitrogens with zero attached hydrogens (tertiary/aromatic N) is 1. The number of rotatable bonds is 5. The summed E-state index contributed by atoms with van der Waals surface area (Å²) in [6.07, 6.45) is 11.7. The van der Waals surface area contributed by atoms with Crippen molar-refractivity contribution in [1.82, 2.24) is 10.2 Å². The van der Waals surface area contributed by atoms with E-state index >= 15 is 0 Å². The van der Waals surface area contributed by atoms with Gasteiger partial charge in [0.05, 0.1) is 0 Å². The van der Waals surface area contributed by atoms with Gasteiger partial charge in [-0.2, -0.15) is 0 Å². The third kappa shape index (κ3) is 3.57. The van der Waals surface area contributed by atoms with Gasteiger partial charge in [-0.05, 0) is 69.4 Å². The van der Waals surface area contributed by atoms with Gasteiger partial charge in [0, 0.05) is 18.6 Å². The molecule has 3 unspecified atom stereocenters. The van der Waals surface area contributed by atoms with E-state index in [4.69, 9.17) is 0 Å². The Morgan fingerprint density at radius 2 is 1.80 bits per heavy atom. The van der Waals surface area contributed by atoms with Gasteiger partial charge in [-0.3, -0.25) is 4.90 Å². The fourth-order valence-corrected chi connectivity index (χ4v) is 4.67. The molecular formula is C18H34N2. The molecule has 0 aromatic heterocycles. The van der Waals surface area contributed by atoms with Crippen molar-refractivity contribution in [2.24, 2.45) is 17.8 Å². The minimum Gasteiger partial charge on any atom is -0.316 e. The van der Waals surface area contributed by atoms with Gasteiger partial charge in [-0.25, -0.2) is 0 Å². The SMILES string of the molecule is CC(C)C1CCCCC1N(CC1CCCNC1)C1CC1.